The van der Waals surface area contributed by atoms with Crippen molar-refractivity contribution < 1.29 is 14.3 Å². The molecule has 0 spiro atoms. The first-order valence-electron chi connectivity index (χ1n) is 6.87. The molecule has 1 aliphatic rings. The SMILES string of the molecule is COCCNC(=O)CCNC(=O)C1(C(N)=S)CCCC1. The van der Waals surface area contributed by atoms with Crippen LogP contribution in [0.5, 0.6) is 0 Å². The van der Waals surface area contributed by atoms with Crippen LogP contribution >= 0.6 is 12.2 Å². The lowest BCUT2D eigenvalue weighted by molar-refractivity contribution is -0.127. The third-order valence-electron chi connectivity index (χ3n) is 3.63. The second-order valence-electron chi connectivity index (χ2n) is 5.00. The first-order valence-corrected chi connectivity index (χ1v) is 7.27. The Balaban J connectivity index is 2.32. The maximum atomic E-state index is 12.2. The van der Waals surface area contributed by atoms with Gasteiger partial charge in [0.25, 0.3) is 0 Å². The molecule has 7 heteroatoms. The van der Waals surface area contributed by atoms with E-state index < -0.39 is 5.41 Å². The van der Waals surface area contributed by atoms with Gasteiger partial charge in [0.15, 0.2) is 0 Å². The van der Waals surface area contributed by atoms with Crippen LogP contribution in [0.1, 0.15) is 32.1 Å². The number of carbonyl (C=O) groups is 2. The number of rotatable bonds is 8. The molecule has 0 unspecified atom stereocenters. The van der Waals surface area contributed by atoms with Gasteiger partial charge in [-0.2, -0.15) is 0 Å². The Labute approximate surface area is 124 Å². The van der Waals surface area contributed by atoms with Crippen molar-refractivity contribution >= 4 is 29.0 Å². The highest BCUT2D eigenvalue weighted by atomic mass is 32.1. The topological polar surface area (TPSA) is 93.5 Å². The van der Waals surface area contributed by atoms with E-state index in [2.05, 4.69) is 10.6 Å². The van der Waals surface area contributed by atoms with Crippen molar-refractivity contribution in [2.75, 3.05) is 26.8 Å². The normalized spacial score (nSPS) is 16.6. The van der Waals surface area contributed by atoms with Crippen LogP contribution < -0.4 is 16.4 Å². The molecule has 20 heavy (non-hydrogen) atoms. The van der Waals surface area contributed by atoms with Crippen molar-refractivity contribution in [2.24, 2.45) is 11.1 Å². The molecular weight excluding hydrogens is 278 g/mol. The molecule has 6 nitrogen and oxygen atoms in total. The van der Waals surface area contributed by atoms with Crippen LogP contribution in [0.3, 0.4) is 0 Å². The average molecular weight is 301 g/mol. The Morgan fingerprint density at radius 2 is 1.90 bits per heavy atom. The Bertz CT molecular complexity index is 368. The fourth-order valence-corrected chi connectivity index (χ4v) is 2.70. The molecule has 1 rings (SSSR count). The largest absolute Gasteiger partial charge is 0.392 e. The second-order valence-corrected chi connectivity index (χ2v) is 5.44. The number of ether oxygens (including phenoxy) is 1. The maximum Gasteiger partial charge on any atom is 0.233 e. The van der Waals surface area contributed by atoms with Crippen molar-refractivity contribution in [3.05, 3.63) is 0 Å². The summed E-state index contributed by atoms with van der Waals surface area (Å²) in [7, 11) is 1.57. The van der Waals surface area contributed by atoms with E-state index in [1.165, 1.54) is 0 Å². The zero-order valence-electron chi connectivity index (χ0n) is 11.9. The number of amides is 2. The molecule has 4 N–H and O–H groups in total. The highest BCUT2D eigenvalue weighted by Gasteiger charge is 2.43. The third kappa shape index (κ3) is 4.42. The standard InChI is InChI=1S/C13H23N3O3S/c1-19-9-8-15-10(17)4-7-16-12(18)13(11(14)20)5-2-3-6-13/h2-9H2,1H3,(H2,14,20)(H,15,17)(H,16,18). The second kappa shape index (κ2) is 8.16. The highest BCUT2D eigenvalue weighted by Crippen LogP contribution is 2.38. The van der Waals surface area contributed by atoms with Gasteiger partial charge in [-0.3, -0.25) is 9.59 Å². The third-order valence-corrected chi connectivity index (χ3v) is 4.02. The number of methoxy groups -OCH3 is 1. The summed E-state index contributed by atoms with van der Waals surface area (Å²) in [6.07, 6.45) is 3.57. The predicted molar refractivity (Wildman–Crippen MR) is 80.2 cm³/mol. The van der Waals surface area contributed by atoms with Gasteiger partial charge in [0.05, 0.1) is 17.0 Å². The summed E-state index contributed by atoms with van der Waals surface area (Å²) in [6, 6.07) is 0. The zero-order valence-corrected chi connectivity index (χ0v) is 12.7. The van der Waals surface area contributed by atoms with E-state index in [0.29, 0.717) is 32.5 Å². The lowest BCUT2D eigenvalue weighted by atomic mass is 9.85. The first-order chi connectivity index (χ1) is 9.53. The molecule has 0 aromatic rings. The first kappa shape index (κ1) is 16.8. The average Bonchev–Trinajstić information content (AvgIpc) is 2.89. The summed E-state index contributed by atoms with van der Waals surface area (Å²) in [5.41, 5.74) is 5.02. The van der Waals surface area contributed by atoms with Gasteiger partial charge in [0.2, 0.25) is 11.8 Å². The number of hydrogen-bond donors (Lipinski definition) is 3. The van der Waals surface area contributed by atoms with E-state index >= 15 is 0 Å². The number of hydrogen-bond acceptors (Lipinski definition) is 4. The van der Waals surface area contributed by atoms with Gasteiger partial charge in [0, 0.05) is 26.6 Å². The van der Waals surface area contributed by atoms with Gasteiger partial charge in [-0.25, -0.2) is 0 Å². The fraction of sp³-hybridized carbons (Fsp3) is 0.769. The molecule has 0 bridgehead atoms. The summed E-state index contributed by atoms with van der Waals surface area (Å²) in [4.78, 5) is 23.9. The van der Waals surface area contributed by atoms with Gasteiger partial charge >= 0.3 is 0 Å². The highest BCUT2D eigenvalue weighted by molar-refractivity contribution is 7.80. The van der Waals surface area contributed by atoms with Gasteiger partial charge in [-0.1, -0.05) is 25.1 Å². The van der Waals surface area contributed by atoms with Crippen molar-refractivity contribution in [3.63, 3.8) is 0 Å². The Morgan fingerprint density at radius 3 is 2.45 bits per heavy atom. The van der Waals surface area contributed by atoms with E-state index in [9.17, 15) is 9.59 Å². The minimum Gasteiger partial charge on any atom is -0.392 e. The van der Waals surface area contributed by atoms with Gasteiger partial charge in [-0.05, 0) is 12.8 Å². The molecule has 0 aromatic carbocycles. The molecule has 114 valence electrons. The summed E-state index contributed by atoms with van der Waals surface area (Å²) < 4.78 is 4.83. The Morgan fingerprint density at radius 1 is 1.25 bits per heavy atom. The fourth-order valence-electron chi connectivity index (χ4n) is 2.40. The van der Waals surface area contributed by atoms with Gasteiger partial charge < -0.3 is 21.1 Å². The molecule has 0 saturated heterocycles. The van der Waals surface area contributed by atoms with E-state index in [1.54, 1.807) is 7.11 Å². The maximum absolute atomic E-state index is 12.2. The van der Waals surface area contributed by atoms with Crippen LogP contribution in [-0.2, 0) is 14.3 Å². The van der Waals surface area contributed by atoms with Crippen molar-refractivity contribution in [2.45, 2.75) is 32.1 Å². The van der Waals surface area contributed by atoms with Crippen LogP contribution in [-0.4, -0.2) is 43.6 Å². The Hall–Kier alpha value is -1.21. The lowest BCUT2D eigenvalue weighted by Gasteiger charge is -2.26. The van der Waals surface area contributed by atoms with Crippen LogP contribution in [0, 0.1) is 5.41 Å². The molecule has 1 saturated carbocycles. The molecule has 1 fully saturated rings. The van der Waals surface area contributed by atoms with Crippen molar-refractivity contribution in [1.82, 2.24) is 10.6 Å². The minimum absolute atomic E-state index is 0.113. The molecule has 0 heterocycles. The van der Waals surface area contributed by atoms with Crippen LogP contribution in [0.2, 0.25) is 0 Å². The number of nitrogens with two attached hydrogens (primary N) is 1. The summed E-state index contributed by atoms with van der Waals surface area (Å²) in [5, 5.41) is 5.46. The number of nitrogens with one attached hydrogen (secondary N) is 2. The summed E-state index contributed by atoms with van der Waals surface area (Å²) in [5.74, 6) is -0.259. The summed E-state index contributed by atoms with van der Waals surface area (Å²) >= 11 is 5.04. The number of carbonyl (C=O) groups excluding carboxylic acids is 2. The molecule has 1 aliphatic carbocycles. The zero-order chi connectivity index (χ0) is 15.0. The van der Waals surface area contributed by atoms with Crippen LogP contribution in [0.15, 0.2) is 0 Å². The van der Waals surface area contributed by atoms with Gasteiger partial charge in [-0.15, -0.1) is 0 Å². The Kier molecular flexibility index (Phi) is 6.87. The molecule has 2 amide bonds. The van der Waals surface area contributed by atoms with Crippen molar-refractivity contribution in [3.8, 4) is 0 Å². The predicted octanol–water partition coefficient (Wildman–Crippen LogP) is 0.102. The molecule has 0 aromatic heterocycles. The minimum atomic E-state index is -0.706. The van der Waals surface area contributed by atoms with E-state index in [4.69, 9.17) is 22.7 Å². The van der Waals surface area contributed by atoms with Gasteiger partial charge in [0.1, 0.15) is 0 Å². The molecular formula is C13H23N3O3S. The lowest BCUT2D eigenvalue weighted by Crippen LogP contribution is -2.47. The van der Waals surface area contributed by atoms with Crippen LogP contribution in [0.4, 0.5) is 0 Å². The van der Waals surface area contributed by atoms with E-state index in [1.807, 2.05) is 0 Å². The monoisotopic (exact) mass is 301 g/mol. The van der Waals surface area contributed by atoms with E-state index in [-0.39, 0.29) is 23.2 Å². The van der Waals surface area contributed by atoms with Crippen LogP contribution in [0.25, 0.3) is 0 Å². The quantitative estimate of drug-likeness (QED) is 0.437. The smallest absolute Gasteiger partial charge is 0.233 e. The number of thiocarbonyl (C=S) groups is 1. The van der Waals surface area contributed by atoms with Crippen molar-refractivity contribution in [1.29, 1.82) is 0 Å². The van der Waals surface area contributed by atoms with E-state index in [0.717, 1.165) is 12.8 Å². The molecule has 0 aliphatic heterocycles. The molecule has 0 radical (unpaired) electrons. The summed E-state index contributed by atoms with van der Waals surface area (Å²) in [6.45, 7) is 1.24. The molecule has 0 atom stereocenters.